The Morgan fingerprint density at radius 3 is 2.38 bits per heavy atom. The lowest BCUT2D eigenvalue weighted by Crippen LogP contribution is -2.37. The summed E-state index contributed by atoms with van der Waals surface area (Å²) >= 11 is 0. The minimum absolute atomic E-state index is 0.343. The van der Waals surface area contributed by atoms with Gasteiger partial charge in [-0.05, 0) is 57.0 Å². The topological polar surface area (TPSA) is 68.3 Å². The monoisotopic (exact) mass is 394 g/mol. The van der Waals surface area contributed by atoms with E-state index in [1.807, 2.05) is 31.2 Å². The highest BCUT2D eigenvalue weighted by molar-refractivity contribution is 5.99. The van der Waals surface area contributed by atoms with Crippen LogP contribution in [-0.4, -0.2) is 23.0 Å². The summed E-state index contributed by atoms with van der Waals surface area (Å²) in [4.78, 5) is 29.7. The van der Waals surface area contributed by atoms with Gasteiger partial charge >= 0.3 is 5.97 Å². The number of aromatic nitrogens is 1. The van der Waals surface area contributed by atoms with Crippen LogP contribution in [0.1, 0.15) is 47.1 Å². The molecule has 0 aliphatic rings. The number of carbonyl (C=O) groups is 2. The number of fused-ring (bicyclic) bond motifs is 1. The maximum absolute atomic E-state index is 13.1. The van der Waals surface area contributed by atoms with Crippen LogP contribution in [0.3, 0.4) is 0 Å². The number of carbonyl (C=O) groups excluding carboxylic acids is 2. The van der Waals surface area contributed by atoms with Crippen molar-refractivity contribution in [2.24, 2.45) is 0 Å². The summed E-state index contributed by atoms with van der Waals surface area (Å²) < 4.78 is 18.5. The molecule has 1 aromatic heterocycles. The quantitative estimate of drug-likeness (QED) is 0.651. The summed E-state index contributed by atoms with van der Waals surface area (Å²) in [5.74, 6) is -1.36. The lowest BCUT2D eigenvalue weighted by Gasteiger charge is -2.19. The summed E-state index contributed by atoms with van der Waals surface area (Å²) in [5, 5.41) is 3.64. The van der Waals surface area contributed by atoms with E-state index < -0.39 is 18.0 Å². The van der Waals surface area contributed by atoms with Crippen molar-refractivity contribution in [1.82, 2.24) is 10.3 Å². The van der Waals surface area contributed by atoms with Crippen molar-refractivity contribution >= 4 is 22.8 Å². The van der Waals surface area contributed by atoms with Gasteiger partial charge in [-0.1, -0.05) is 30.3 Å². The van der Waals surface area contributed by atoms with Gasteiger partial charge in [0.05, 0.1) is 22.8 Å². The van der Waals surface area contributed by atoms with Crippen molar-refractivity contribution in [2.75, 3.05) is 0 Å². The third kappa shape index (κ3) is 4.42. The highest BCUT2D eigenvalue weighted by Gasteiger charge is 2.24. The normalized spacial score (nSPS) is 13.0. The number of hydrogen-bond acceptors (Lipinski definition) is 4. The minimum atomic E-state index is -0.990. The fraction of sp³-hybridized carbons (Fsp3) is 0.261. The second-order valence-electron chi connectivity index (χ2n) is 7.04. The molecule has 6 heteroatoms. The zero-order valence-corrected chi connectivity index (χ0v) is 16.8. The second-order valence-corrected chi connectivity index (χ2v) is 7.04. The molecule has 0 saturated heterocycles. The van der Waals surface area contributed by atoms with Crippen molar-refractivity contribution in [2.45, 2.75) is 39.8 Å². The fourth-order valence-electron chi connectivity index (χ4n) is 3.27. The number of aryl methyl sites for hydroxylation is 2. The Bertz CT molecular complexity index is 1060. The Kier molecular flexibility index (Phi) is 5.92. The summed E-state index contributed by atoms with van der Waals surface area (Å²) in [5.41, 5.74) is 3.25. The summed E-state index contributed by atoms with van der Waals surface area (Å²) in [6, 6.07) is 13.1. The first-order valence-electron chi connectivity index (χ1n) is 9.40. The third-order valence-corrected chi connectivity index (χ3v) is 4.92. The van der Waals surface area contributed by atoms with Crippen molar-refractivity contribution in [1.29, 1.82) is 0 Å². The van der Waals surface area contributed by atoms with E-state index in [1.54, 1.807) is 26.0 Å². The van der Waals surface area contributed by atoms with Gasteiger partial charge in [-0.2, -0.15) is 0 Å². The van der Waals surface area contributed by atoms with E-state index in [0.717, 1.165) is 22.0 Å². The number of ether oxygens (including phenoxy) is 1. The Morgan fingerprint density at radius 2 is 1.69 bits per heavy atom. The number of pyridine rings is 1. The van der Waals surface area contributed by atoms with Gasteiger partial charge in [0, 0.05) is 5.39 Å². The first-order valence-corrected chi connectivity index (χ1v) is 9.40. The predicted octanol–water partition coefficient (Wildman–Crippen LogP) is 4.41. The average molecular weight is 394 g/mol. The Hall–Kier alpha value is -3.28. The van der Waals surface area contributed by atoms with E-state index in [4.69, 9.17) is 4.74 Å². The van der Waals surface area contributed by atoms with Gasteiger partial charge in [-0.3, -0.25) is 9.78 Å². The van der Waals surface area contributed by atoms with Gasteiger partial charge in [0.25, 0.3) is 5.91 Å². The standard InChI is InChI=1S/C23H23FN2O3/c1-13-19-7-5-6-8-20(19)25-15(3)21(13)23(28)29-16(4)22(27)26-14(2)17-9-11-18(24)12-10-17/h5-12,14,16H,1-4H3,(H,26,27). The van der Waals surface area contributed by atoms with E-state index in [2.05, 4.69) is 10.3 Å². The molecule has 0 aliphatic carbocycles. The SMILES string of the molecule is Cc1nc2ccccc2c(C)c1C(=O)OC(C)C(=O)NC(C)c1ccc(F)cc1. The number of halogens is 1. The van der Waals surface area contributed by atoms with E-state index >= 15 is 0 Å². The minimum Gasteiger partial charge on any atom is -0.449 e. The van der Waals surface area contributed by atoms with Gasteiger partial charge in [0.1, 0.15) is 5.82 Å². The van der Waals surface area contributed by atoms with Crippen molar-refractivity contribution in [3.63, 3.8) is 0 Å². The molecule has 5 nitrogen and oxygen atoms in total. The molecule has 2 atom stereocenters. The zero-order valence-electron chi connectivity index (χ0n) is 16.8. The molecule has 3 aromatic rings. The molecule has 0 radical (unpaired) electrons. The molecule has 1 N–H and O–H groups in total. The number of amides is 1. The molecule has 0 aliphatic heterocycles. The van der Waals surface area contributed by atoms with Crippen LogP contribution in [0.4, 0.5) is 4.39 Å². The molecule has 2 unspecified atom stereocenters. The van der Waals surface area contributed by atoms with Crippen LogP contribution in [0.2, 0.25) is 0 Å². The van der Waals surface area contributed by atoms with Crippen LogP contribution in [0.5, 0.6) is 0 Å². The second kappa shape index (κ2) is 8.39. The van der Waals surface area contributed by atoms with Crippen LogP contribution >= 0.6 is 0 Å². The van der Waals surface area contributed by atoms with Crippen LogP contribution in [0.25, 0.3) is 10.9 Å². The largest absolute Gasteiger partial charge is 0.449 e. The Balaban J connectivity index is 1.72. The average Bonchev–Trinajstić information content (AvgIpc) is 2.68. The molecule has 1 amide bonds. The van der Waals surface area contributed by atoms with Crippen molar-refractivity contribution in [3.8, 4) is 0 Å². The number of nitrogens with zero attached hydrogens (tertiary/aromatic N) is 1. The molecule has 2 aromatic carbocycles. The molecule has 150 valence electrons. The predicted molar refractivity (Wildman–Crippen MR) is 109 cm³/mol. The van der Waals surface area contributed by atoms with Crippen LogP contribution < -0.4 is 5.32 Å². The summed E-state index contributed by atoms with van der Waals surface area (Å²) in [7, 11) is 0. The van der Waals surface area contributed by atoms with E-state index in [-0.39, 0.29) is 11.9 Å². The molecular weight excluding hydrogens is 371 g/mol. The number of para-hydroxylation sites is 1. The molecule has 0 fully saturated rings. The van der Waals surface area contributed by atoms with Gasteiger partial charge in [0.15, 0.2) is 6.10 Å². The van der Waals surface area contributed by atoms with Crippen molar-refractivity contribution < 1.29 is 18.7 Å². The molecular formula is C23H23FN2O3. The van der Waals surface area contributed by atoms with E-state index in [0.29, 0.717) is 11.3 Å². The Morgan fingerprint density at radius 1 is 1.03 bits per heavy atom. The summed E-state index contributed by atoms with van der Waals surface area (Å²) in [6.45, 7) is 6.89. The van der Waals surface area contributed by atoms with Gasteiger partial charge in [-0.15, -0.1) is 0 Å². The fourth-order valence-corrected chi connectivity index (χ4v) is 3.27. The van der Waals surface area contributed by atoms with Gasteiger partial charge < -0.3 is 10.1 Å². The molecule has 0 spiro atoms. The number of nitrogens with one attached hydrogen (secondary N) is 1. The van der Waals surface area contributed by atoms with Crippen molar-refractivity contribution in [3.05, 3.63) is 76.7 Å². The zero-order chi connectivity index (χ0) is 21.1. The molecule has 3 rings (SSSR count). The van der Waals surface area contributed by atoms with E-state index in [1.165, 1.54) is 19.1 Å². The van der Waals surface area contributed by atoms with Gasteiger partial charge in [0.2, 0.25) is 0 Å². The maximum Gasteiger partial charge on any atom is 0.341 e. The lowest BCUT2D eigenvalue weighted by atomic mass is 10.0. The van der Waals surface area contributed by atoms with Gasteiger partial charge in [-0.25, -0.2) is 9.18 Å². The number of hydrogen-bond donors (Lipinski definition) is 1. The molecule has 0 saturated carbocycles. The molecule has 29 heavy (non-hydrogen) atoms. The number of rotatable bonds is 5. The van der Waals surface area contributed by atoms with Crippen LogP contribution in [0.15, 0.2) is 48.5 Å². The highest BCUT2D eigenvalue weighted by Crippen LogP contribution is 2.23. The third-order valence-electron chi connectivity index (χ3n) is 4.92. The highest BCUT2D eigenvalue weighted by atomic mass is 19.1. The number of benzene rings is 2. The smallest absolute Gasteiger partial charge is 0.341 e. The lowest BCUT2D eigenvalue weighted by molar-refractivity contribution is -0.129. The maximum atomic E-state index is 13.1. The van der Waals surface area contributed by atoms with E-state index in [9.17, 15) is 14.0 Å². The van der Waals surface area contributed by atoms with Crippen LogP contribution in [0, 0.1) is 19.7 Å². The Labute approximate surface area is 168 Å². The molecule has 0 bridgehead atoms. The van der Waals surface area contributed by atoms with Crippen LogP contribution in [-0.2, 0) is 9.53 Å². The first-order chi connectivity index (χ1) is 13.8. The molecule has 1 heterocycles. The number of esters is 1. The summed E-state index contributed by atoms with van der Waals surface area (Å²) in [6.07, 6.45) is -0.990. The first kappa shape index (κ1) is 20.5.